The molecule has 3 aliphatic rings. The third kappa shape index (κ3) is 7.61. The van der Waals surface area contributed by atoms with E-state index in [1.165, 1.54) is 176 Å². The molecular formula is C93H65F. The van der Waals surface area contributed by atoms with Crippen molar-refractivity contribution < 1.29 is 4.39 Å². The van der Waals surface area contributed by atoms with E-state index in [1.807, 2.05) is 12.1 Å². The van der Waals surface area contributed by atoms with Gasteiger partial charge in [-0.1, -0.05) is 284 Å². The third-order valence-corrected chi connectivity index (χ3v) is 22.3. The van der Waals surface area contributed by atoms with Crippen molar-refractivity contribution in [3.8, 4) is 100 Å². The quantitative estimate of drug-likeness (QED) is 0.146. The fraction of sp³-hybridized carbons (Fsp3) is 0.0968. The predicted molar refractivity (Wildman–Crippen MR) is 397 cm³/mol. The number of hydrogen-bond donors (Lipinski definition) is 0. The summed E-state index contributed by atoms with van der Waals surface area (Å²) in [6, 6.07) is 106. The minimum atomic E-state index is -0.269. The van der Waals surface area contributed by atoms with Gasteiger partial charge in [0.05, 0.1) is 0 Å². The maximum atomic E-state index is 14.3. The van der Waals surface area contributed by atoms with Crippen LogP contribution in [0.5, 0.6) is 0 Å². The van der Waals surface area contributed by atoms with Gasteiger partial charge in [-0.15, -0.1) is 0 Å². The van der Waals surface area contributed by atoms with Crippen LogP contribution in [0.25, 0.3) is 165 Å². The van der Waals surface area contributed by atoms with Crippen LogP contribution in [0.15, 0.2) is 285 Å². The molecule has 19 rings (SSSR count). The topological polar surface area (TPSA) is 0 Å². The Labute approximate surface area is 547 Å². The van der Waals surface area contributed by atoms with E-state index in [-0.39, 0.29) is 22.1 Å². The normalized spacial score (nSPS) is 14.4. The number of fused-ring (bicyclic) bond motifs is 15. The number of hydrogen-bond acceptors (Lipinski definition) is 0. The van der Waals surface area contributed by atoms with E-state index >= 15 is 0 Å². The highest BCUT2D eigenvalue weighted by Crippen LogP contribution is 2.57. The Morgan fingerprint density at radius 3 is 0.681 bits per heavy atom. The Morgan fingerprint density at radius 2 is 0.383 bits per heavy atom. The maximum absolute atomic E-state index is 14.3. The van der Waals surface area contributed by atoms with Crippen molar-refractivity contribution in [2.75, 3.05) is 0 Å². The Kier molecular flexibility index (Phi) is 11.5. The minimum absolute atomic E-state index is 0.112. The molecule has 0 bridgehead atoms. The molecule has 0 saturated heterocycles. The Hall–Kier alpha value is -11.0. The van der Waals surface area contributed by atoms with Crippen molar-refractivity contribution in [2.45, 2.75) is 57.8 Å². The van der Waals surface area contributed by atoms with Crippen LogP contribution in [0.1, 0.15) is 74.9 Å². The van der Waals surface area contributed by atoms with Gasteiger partial charge in [0, 0.05) is 16.2 Å². The molecule has 0 unspecified atom stereocenters. The number of halogens is 1. The summed E-state index contributed by atoms with van der Waals surface area (Å²) < 4.78 is 14.3. The van der Waals surface area contributed by atoms with Gasteiger partial charge in [0.15, 0.2) is 0 Å². The molecule has 0 saturated carbocycles. The fourth-order valence-corrected chi connectivity index (χ4v) is 17.8. The van der Waals surface area contributed by atoms with Crippen LogP contribution in [0.2, 0.25) is 0 Å². The van der Waals surface area contributed by atoms with Gasteiger partial charge in [0.1, 0.15) is 5.82 Å². The van der Waals surface area contributed by atoms with Crippen LogP contribution in [-0.2, 0) is 16.2 Å². The van der Waals surface area contributed by atoms with Gasteiger partial charge in [-0.2, -0.15) is 0 Å². The van der Waals surface area contributed by atoms with Crippen LogP contribution < -0.4 is 0 Å². The van der Waals surface area contributed by atoms with E-state index in [1.54, 1.807) is 12.1 Å². The molecule has 0 fully saturated rings. The van der Waals surface area contributed by atoms with Crippen LogP contribution in [0, 0.1) is 5.82 Å². The lowest BCUT2D eigenvalue weighted by atomic mass is 9.78. The minimum Gasteiger partial charge on any atom is -0.207 e. The SMILES string of the molecule is CC1(C)c2cc(-c3ccc4c(c3)C(C)(C)c3cc(-c5c6ccccc6c(-c6c7ccccc7c(-c7ccc8c(c7)C(C)(C)c7ccccc7-8)c7ccccc67)c6ccccc56)ccc3-4)ccc2-c2ccc(-c3c4ccccc4c(-c4ccc(F)cc4)c4ccccc34)cc21. The van der Waals surface area contributed by atoms with Gasteiger partial charge in [-0.25, -0.2) is 4.39 Å². The lowest BCUT2D eigenvalue weighted by molar-refractivity contribution is 0.628. The molecule has 444 valence electrons. The van der Waals surface area contributed by atoms with E-state index in [2.05, 4.69) is 302 Å². The molecule has 0 nitrogen and oxygen atoms in total. The van der Waals surface area contributed by atoms with Crippen molar-refractivity contribution in [3.05, 3.63) is 324 Å². The summed E-state index contributed by atoms with van der Waals surface area (Å²) in [7, 11) is 0. The first-order valence-corrected chi connectivity index (χ1v) is 33.2. The molecule has 16 aromatic carbocycles. The fourth-order valence-electron chi connectivity index (χ4n) is 17.8. The lowest BCUT2D eigenvalue weighted by Gasteiger charge is -2.25. The predicted octanol–water partition coefficient (Wildman–Crippen LogP) is 25.7. The highest BCUT2D eigenvalue weighted by atomic mass is 19.1. The molecule has 0 atom stereocenters. The van der Waals surface area contributed by atoms with Gasteiger partial charge in [-0.05, 0) is 241 Å². The van der Waals surface area contributed by atoms with Gasteiger partial charge in [0.2, 0.25) is 0 Å². The highest BCUT2D eigenvalue weighted by molar-refractivity contribution is 6.30. The Bertz CT molecular complexity index is 5840. The second-order valence-electron chi connectivity index (χ2n) is 28.3. The Balaban J connectivity index is 0.694. The monoisotopic (exact) mass is 1200 g/mol. The van der Waals surface area contributed by atoms with E-state index in [0.717, 1.165) is 21.9 Å². The van der Waals surface area contributed by atoms with E-state index in [9.17, 15) is 4.39 Å². The number of rotatable bonds is 6. The lowest BCUT2D eigenvalue weighted by Crippen LogP contribution is -2.15. The largest absolute Gasteiger partial charge is 0.207 e. The zero-order chi connectivity index (χ0) is 63.1. The molecule has 0 N–H and O–H groups in total. The molecule has 94 heavy (non-hydrogen) atoms. The molecule has 1 heteroatoms. The van der Waals surface area contributed by atoms with Gasteiger partial charge in [-0.3, -0.25) is 0 Å². The Morgan fingerprint density at radius 1 is 0.181 bits per heavy atom. The molecule has 0 radical (unpaired) electrons. The van der Waals surface area contributed by atoms with Crippen molar-refractivity contribution >= 4 is 64.6 Å². The second-order valence-corrected chi connectivity index (χ2v) is 28.3. The van der Waals surface area contributed by atoms with E-state index in [4.69, 9.17) is 0 Å². The second kappa shape index (κ2) is 19.8. The van der Waals surface area contributed by atoms with Crippen LogP contribution in [0.3, 0.4) is 0 Å². The van der Waals surface area contributed by atoms with Crippen LogP contribution in [-0.4, -0.2) is 0 Å². The van der Waals surface area contributed by atoms with Gasteiger partial charge >= 0.3 is 0 Å². The summed E-state index contributed by atoms with van der Waals surface area (Å²) in [4.78, 5) is 0. The van der Waals surface area contributed by atoms with E-state index < -0.39 is 0 Å². The highest BCUT2D eigenvalue weighted by Gasteiger charge is 2.40. The average Bonchev–Trinajstić information content (AvgIpc) is 0.953. The van der Waals surface area contributed by atoms with Crippen molar-refractivity contribution in [2.24, 2.45) is 0 Å². The summed E-state index contributed by atoms with van der Waals surface area (Å²) in [5, 5.41) is 14.7. The molecule has 0 aromatic heterocycles. The van der Waals surface area contributed by atoms with Crippen molar-refractivity contribution in [1.82, 2.24) is 0 Å². The molecule has 16 aromatic rings. The first kappa shape index (κ1) is 54.7. The zero-order valence-corrected chi connectivity index (χ0v) is 53.5. The van der Waals surface area contributed by atoms with Crippen LogP contribution in [0.4, 0.5) is 4.39 Å². The standard InChI is InChI=1S/C93H65F/c1-91(2)79-34-20-19-21-61(79)62-46-39-57(51-82(62)91)87-71-26-11-15-30-75(71)89(76-31-16-12-27-72(76)87)90-77-32-17-13-28-73(77)88(74-29-14-18-33-78(74)90)59-41-48-66-64-45-38-56(50-81(64)93(5,6)84(66)53-59)55-37-44-63-65-47-40-58(52-83(65)92(3,4)80(63)49-55)86-69-24-9-7-22-67(69)85(54-35-42-60(94)43-36-54)68-23-8-10-25-70(68)86/h7-53H,1-6H3. The van der Waals surface area contributed by atoms with Crippen molar-refractivity contribution in [1.29, 1.82) is 0 Å². The summed E-state index contributed by atoms with van der Waals surface area (Å²) in [5.74, 6) is -0.231. The van der Waals surface area contributed by atoms with Gasteiger partial charge < -0.3 is 0 Å². The summed E-state index contributed by atoms with van der Waals surface area (Å²) in [5.41, 5.74) is 30.1. The van der Waals surface area contributed by atoms with E-state index in [0.29, 0.717) is 0 Å². The summed E-state index contributed by atoms with van der Waals surface area (Å²) in [6.07, 6.45) is 0. The zero-order valence-electron chi connectivity index (χ0n) is 53.5. The smallest absolute Gasteiger partial charge is 0.123 e. The first-order chi connectivity index (χ1) is 45.8. The van der Waals surface area contributed by atoms with Crippen LogP contribution >= 0.6 is 0 Å². The van der Waals surface area contributed by atoms with Gasteiger partial charge in [0.25, 0.3) is 0 Å². The van der Waals surface area contributed by atoms with Crippen molar-refractivity contribution in [3.63, 3.8) is 0 Å². The third-order valence-electron chi connectivity index (χ3n) is 22.3. The summed E-state index contributed by atoms with van der Waals surface area (Å²) >= 11 is 0. The molecular weight excluding hydrogens is 1140 g/mol. The maximum Gasteiger partial charge on any atom is 0.123 e. The number of benzene rings is 16. The first-order valence-electron chi connectivity index (χ1n) is 33.2. The molecule has 0 heterocycles. The summed E-state index contributed by atoms with van der Waals surface area (Å²) in [6.45, 7) is 14.4. The molecule has 3 aliphatic carbocycles. The molecule has 0 amide bonds. The molecule has 0 spiro atoms. The average molecular weight is 1200 g/mol. The molecule has 0 aliphatic heterocycles.